The first-order valence-corrected chi connectivity index (χ1v) is 11.6. The van der Waals surface area contributed by atoms with Crippen molar-refractivity contribution in [2.24, 2.45) is 5.92 Å². The molecule has 0 radical (unpaired) electrons. The fourth-order valence-corrected chi connectivity index (χ4v) is 5.50. The minimum absolute atomic E-state index is 0.0453. The molecule has 3 fully saturated rings. The first kappa shape index (κ1) is 21.3. The van der Waals surface area contributed by atoms with E-state index in [4.69, 9.17) is 0 Å². The maximum absolute atomic E-state index is 13.6. The number of amides is 2. The Morgan fingerprint density at radius 1 is 0.900 bits per heavy atom. The fourth-order valence-electron chi connectivity index (χ4n) is 5.50. The maximum Gasteiger partial charge on any atom is 0.253 e. The summed E-state index contributed by atoms with van der Waals surface area (Å²) in [4.78, 5) is 32.7. The topological polar surface area (TPSA) is 43.9 Å². The van der Waals surface area contributed by atoms with Gasteiger partial charge in [0, 0.05) is 44.3 Å². The van der Waals surface area contributed by atoms with E-state index in [0.717, 1.165) is 45.3 Å². The van der Waals surface area contributed by atoms with E-state index >= 15 is 0 Å². The number of carbonyl (C=O) groups excluding carboxylic acids is 2. The number of rotatable bonds is 4. The van der Waals surface area contributed by atoms with Crippen LogP contribution in [-0.4, -0.2) is 71.3 Å². The zero-order valence-corrected chi connectivity index (χ0v) is 18.1. The molecule has 0 N–H and O–H groups in total. The third-order valence-electron chi connectivity index (χ3n) is 7.27. The largest absolute Gasteiger partial charge is 0.339 e. The average Bonchev–Trinajstić information content (AvgIpc) is 3.29. The van der Waals surface area contributed by atoms with Gasteiger partial charge >= 0.3 is 0 Å². The zero-order chi connectivity index (χ0) is 21.1. The van der Waals surface area contributed by atoms with Gasteiger partial charge in [-0.2, -0.15) is 0 Å². The molecule has 3 aliphatic rings. The Morgan fingerprint density at radius 2 is 1.53 bits per heavy atom. The molecular weight excluding hydrogens is 381 g/mol. The third kappa shape index (κ3) is 4.53. The number of hydrogen-bond acceptors (Lipinski definition) is 3. The minimum atomic E-state index is -0.332. The number of likely N-dealkylation sites (tertiary alicyclic amines) is 1. The molecular formula is C24H34FN3O2. The van der Waals surface area contributed by atoms with Gasteiger partial charge < -0.3 is 9.80 Å². The standard InChI is InChI=1S/C24H34FN3O2/c1-18-6-4-5-13-28(18)24(30)22(19-7-2-3-8-19)26-14-16-27(17-15-26)23(29)20-9-11-21(25)12-10-20/h9-12,18-19,22H,2-8,13-17H2,1H3/t18-,22+/m1/s1. The summed E-state index contributed by atoms with van der Waals surface area (Å²) in [7, 11) is 0. The lowest BCUT2D eigenvalue weighted by Crippen LogP contribution is -2.60. The highest BCUT2D eigenvalue weighted by molar-refractivity contribution is 5.94. The highest BCUT2D eigenvalue weighted by atomic mass is 19.1. The van der Waals surface area contributed by atoms with E-state index < -0.39 is 0 Å². The van der Waals surface area contributed by atoms with Gasteiger partial charge in [-0.15, -0.1) is 0 Å². The van der Waals surface area contributed by atoms with Crippen molar-refractivity contribution < 1.29 is 14.0 Å². The van der Waals surface area contributed by atoms with Crippen LogP contribution in [0.5, 0.6) is 0 Å². The molecule has 0 bridgehead atoms. The Kier molecular flexibility index (Phi) is 6.71. The molecule has 2 amide bonds. The Balaban J connectivity index is 1.43. The van der Waals surface area contributed by atoms with Crippen LogP contribution in [0.3, 0.4) is 0 Å². The molecule has 6 heteroatoms. The van der Waals surface area contributed by atoms with E-state index in [1.165, 1.54) is 31.4 Å². The Labute approximate surface area is 179 Å². The molecule has 2 atom stereocenters. The van der Waals surface area contributed by atoms with Crippen molar-refractivity contribution in [1.29, 1.82) is 0 Å². The van der Waals surface area contributed by atoms with Crippen molar-refractivity contribution in [1.82, 2.24) is 14.7 Å². The van der Waals surface area contributed by atoms with Crippen LogP contribution < -0.4 is 0 Å². The number of carbonyl (C=O) groups is 2. The van der Waals surface area contributed by atoms with Gasteiger partial charge in [-0.3, -0.25) is 14.5 Å². The molecule has 1 saturated carbocycles. The van der Waals surface area contributed by atoms with Gasteiger partial charge in [0.25, 0.3) is 5.91 Å². The molecule has 1 aromatic carbocycles. The second kappa shape index (κ2) is 9.46. The monoisotopic (exact) mass is 415 g/mol. The lowest BCUT2D eigenvalue weighted by Gasteiger charge is -2.44. The van der Waals surface area contributed by atoms with Gasteiger partial charge in [0.2, 0.25) is 5.91 Å². The lowest BCUT2D eigenvalue weighted by molar-refractivity contribution is -0.143. The molecule has 0 aromatic heterocycles. The summed E-state index contributed by atoms with van der Waals surface area (Å²) in [5.41, 5.74) is 0.524. The van der Waals surface area contributed by atoms with Crippen molar-refractivity contribution in [2.75, 3.05) is 32.7 Å². The number of piperazine rings is 1. The van der Waals surface area contributed by atoms with E-state index in [9.17, 15) is 14.0 Å². The lowest BCUT2D eigenvalue weighted by atomic mass is 9.92. The molecule has 30 heavy (non-hydrogen) atoms. The smallest absolute Gasteiger partial charge is 0.253 e. The second-order valence-corrected chi connectivity index (χ2v) is 9.20. The Hall–Kier alpha value is -1.95. The summed E-state index contributed by atoms with van der Waals surface area (Å²) in [5.74, 6) is 0.364. The normalized spacial score (nSPS) is 24.8. The summed E-state index contributed by atoms with van der Waals surface area (Å²) in [6.45, 7) is 5.74. The third-order valence-corrected chi connectivity index (χ3v) is 7.27. The van der Waals surface area contributed by atoms with Crippen LogP contribution in [0.15, 0.2) is 24.3 Å². The molecule has 0 unspecified atom stereocenters. The van der Waals surface area contributed by atoms with Crippen molar-refractivity contribution >= 4 is 11.8 Å². The van der Waals surface area contributed by atoms with Gasteiger partial charge in [-0.05, 0) is 69.2 Å². The van der Waals surface area contributed by atoms with E-state index in [0.29, 0.717) is 36.5 Å². The van der Waals surface area contributed by atoms with Gasteiger partial charge in [-0.1, -0.05) is 12.8 Å². The van der Waals surface area contributed by atoms with E-state index in [1.807, 2.05) is 4.90 Å². The van der Waals surface area contributed by atoms with Gasteiger partial charge in [0.15, 0.2) is 0 Å². The maximum atomic E-state index is 13.6. The highest BCUT2D eigenvalue weighted by Gasteiger charge is 2.40. The van der Waals surface area contributed by atoms with Crippen LogP contribution in [0.25, 0.3) is 0 Å². The number of benzene rings is 1. The summed E-state index contributed by atoms with van der Waals surface area (Å²) >= 11 is 0. The van der Waals surface area contributed by atoms with E-state index in [-0.39, 0.29) is 17.8 Å². The summed E-state index contributed by atoms with van der Waals surface area (Å²) in [5, 5.41) is 0. The van der Waals surface area contributed by atoms with E-state index in [1.54, 1.807) is 12.1 Å². The van der Waals surface area contributed by atoms with Crippen LogP contribution in [0.2, 0.25) is 0 Å². The molecule has 4 rings (SSSR count). The fraction of sp³-hybridized carbons (Fsp3) is 0.667. The second-order valence-electron chi connectivity index (χ2n) is 9.20. The predicted octanol–water partition coefficient (Wildman–Crippen LogP) is 3.54. The van der Waals surface area contributed by atoms with Crippen molar-refractivity contribution in [2.45, 2.75) is 64.0 Å². The van der Waals surface area contributed by atoms with Crippen LogP contribution in [-0.2, 0) is 4.79 Å². The van der Waals surface area contributed by atoms with Gasteiger partial charge in [-0.25, -0.2) is 4.39 Å². The molecule has 5 nitrogen and oxygen atoms in total. The highest BCUT2D eigenvalue weighted by Crippen LogP contribution is 2.33. The Bertz CT molecular complexity index is 739. The first-order chi connectivity index (χ1) is 14.5. The summed E-state index contributed by atoms with van der Waals surface area (Å²) < 4.78 is 13.2. The molecule has 1 aliphatic carbocycles. The minimum Gasteiger partial charge on any atom is -0.339 e. The summed E-state index contributed by atoms with van der Waals surface area (Å²) in [6, 6.07) is 6.04. The van der Waals surface area contributed by atoms with Crippen LogP contribution in [0.1, 0.15) is 62.2 Å². The number of halogens is 1. The number of nitrogens with zero attached hydrogens (tertiary/aromatic N) is 3. The molecule has 2 heterocycles. The van der Waals surface area contributed by atoms with Crippen LogP contribution >= 0.6 is 0 Å². The molecule has 2 aliphatic heterocycles. The first-order valence-electron chi connectivity index (χ1n) is 11.6. The predicted molar refractivity (Wildman–Crippen MR) is 115 cm³/mol. The van der Waals surface area contributed by atoms with Crippen molar-refractivity contribution in [3.63, 3.8) is 0 Å². The van der Waals surface area contributed by atoms with Gasteiger partial charge in [0.05, 0.1) is 6.04 Å². The van der Waals surface area contributed by atoms with Crippen LogP contribution in [0, 0.1) is 11.7 Å². The zero-order valence-electron chi connectivity index (χ0n) is 18.1. The average molecular weight is 416 g/mol. The number of hydrogen-bond donors (Lipinski definition) is 0. The van der Waals surface area contributed by atoms with Crippen LogP contribution in [0.4, 0.5) is 4.39 Å². The molecule has 0 spiro atoms. The molecule has 164 valence electrons. The quantitative estimate of drug-likeness (QED) is 0.756. The molecule has 2 saturated heterocycles. The summed E-state index contributed by atoms with van der Waals surface area (Å²) in [6.07, 6.45) is 8.11. The molecule has 1 aromatic rings. The van der Waals surface area contributed by atoms with E-state index in [2.05, 4.69) is 16.7 Å². The SMILES string of the molecule is C[C@@H]1CCCCN1C(=O)[C@H](C1CCCC1)N1CCN(C(=O)c2ccc(F)cc2)CC1. The van der Waals surface area contributed by atoms with Crippen molar-refractivity contribution in [3.8, 4) is 0 Å². The number of piperidine rings is 1. The van der Waals surface area contributed by atoms with Gasteiger partial charge in [0.1, 0.15) is 5.82 Å². The Morgan fingerprint density at radius 3 is 2.17 bits per heavy atom. The van der Waals surface area contributed by atoms with Crippen molar-refractivity contribution in [3.05, 3.63) is 35.6 Å².